The molecule has 0 atom stereocenters. The highest BCUT2D eigenvalue weighted by molar-refractivity contribution is 7.94. The Balaban J connectivity index is 1.79. The van der Waals surface area contributed by atoms with Gasteiger partial charge in [0.25, 0.3) is 0 Å². The lowest BCUT2D eigenvalue weighted by molar-refractivity contribution is 0.262. The first-order valence-electron chi connectivity index (χ1n) is 8.15. The molecule has 3 rings (SSSR count). The summed E-state index contributed by atoms with van der Waals surface area (Å²) in [4.78, 5) is 16.3. The number of benzene rings is 2. The Kier molecular flexibility index (Phi) is 5.16. The van der Waals surface area contributed by atoms with Gasteiger partial charge < -0.3 is 10.6 Å². The highest BCUT2D eigenvalue weighted by Gasteiger charge is 2.23. The van der Waals surface area contributed by atoms with Crippen molar-refractivity contribution in [2.24, 2.45) is 0 Å². The number of aryl methyl sites for hydroxylation is 1. The fraction of sp³-hybridized carbons (Fsp3) is 0.222. The molecule has 3 aromatic rings. The second-order valence-corrected chi connectivity index (χ2v) is 10.0. The molecule has 2 aromatic carbocycles. The zero-order valence-electron chi connectivity index (χ0n) is 14.9. The van der Waals surface area contributed by atoms with Gasteiger partial charge in [0, 0.05) is 11.4 Å². The summed E-state index contributed by atoms with van der Waals surface area (Å²) in [6.07, 6.45) is 0. The number of amides is 2. The topological polar surface area (TPSA) is 88.2 Å². The Morgan fingerprint density at radius 3 is 2.37 bits per heavy atom. The molecule has 142 valence electrons. The molecule has 0 spiro atoms. The van der Waals surface area contributed by atoms with Crippen LogP contribution < -0.4 is 10.6 Å². The third-order valence-electron chi connectivity index (χ3n) is 3.92. The molecule has 0 unspecified atom stereocenters. The minimum absolute atomic E-state index is 0.0595. The summed E-state index contributed by atoms with van der Waals surface area (Å²) in [5.74, 6) is -0.405. The monoisotopic (exact) mass is 407 g/mol. The van der Waals surface area contributed by atoms with E-state index in [1.54, 1.807) is 51.1 Å². The van der Waals surface area contributed by atoms with Crippen LogP contribution >= 0.6 is 11.3 Å². The van der Waals surface area contributed by atoms with Gasteiger partial charge in [0.15, 0.2) is 0 Å². The van der Waals surface area contributed by atoms with Crippen molar-refractivity contribution in [3.63, 3.8) is 0 Å². The smallest absolute Gasteiger partial charge is 0.308 e. The Hall–Kier alpha value is -2.52. The van der Waals surface area contributed by atoms with Gasteiger partial charge in [0.1, 0.15) is 5.82 Å². The highest BCUT2D eigenvalue weighted by atomic mass is 32.2. The standard InChI is InChI=1S/C18H18FN3O3S2/c1-10(2)27(24,25)18-22-15-7-6-13(9-16(15)26-18)21-17(23)20-12-5-4-11(3)14(19)8-12/h4-10H,1-3H3,(H2,20,21,23). The largest absolute Gasteiger partial charge is 0.323 e. The van der Waals surface area contributed by atoms with E-state index < -0.39 is 26.9 Å². The molecule has 0 fully saturated rings. The van der Waals surface area contributed by atoms with Gasteiger partial charge in [0.2, 0.25) is 14.2 Å². The van der Waals surface area contributed by atoms with Gasteiger partial charge in [0.05, 0.1) is 15.5 Å². The number of hydrogen-bond acceptors (Lipinski definition) is 5. The summed E-state index contributed by atoms with van der Waals surface area (Å²) in [7, 11) is -3.45. The molecule has 1 aromatic heterocycles. The molecular weight excluding hydrogens is 389 g/mol. The number of urea groups is 1. The van der Waals surface area contributed by atoms with Crippen LogP contribution in [0.1, 0.15) is 19.4 Å². The summed E-state index contributed by atoms with van der Waals surface area (Å²) in [5, 5.41) is 4.64. The fourth-order valence-electron chi connectivity index (χ4n) is 2.27. The molecule has 0 radical (unpaired) electrons. The predicted octanol–water partition coefficient (Wildman–Crippen LogP) is 4.57. The van der Waals surface area contributed by atoms with Gasteiger partial charge in [-0.05, 0) is 56.7 Å². The van der Waals surface area contributed by atoms with E-state index in [4.69, 9.17) is 0 Å². The van der Waals surface area contributed by atoms with E-state index in [2.05, 4.69) is 15.6 Å². The molecule has 27 heavy (non-hydrogen) atoms. The van der Waals surface area contributed by atoms with E-state index in [0.717, 1.165) is 11.3 Å². The zero-order valence-corrected chi connectivity index (χ0v) is 16.5. The molecular formula is C18H18FN3O3S2. The van der Waals surface area contributed by atoms with E-state index in [1.807, 2.05) is 0 Å². The van der Waals surface area contributed by atoms with Crippen LogP contribution in [0.15, 0.2) is 40.7 Å². The van der Waals surface area contributed by atoms with Crippen LogP contribution in [0.3, 0.4) is 0 Å². The Morgan fingerprint density at radius 1 is 1.11 bits per heavy atom. The van der Waals surface area contributed by atoms with Crippen LogP contribution in [0.25, 0.3) is 10.2 Å². The van der Waals surface area contributed by atoms with Crippen molar-refractivity contribution >= 4 is 48.8 Å². The van der Waals surface area contributed by atoms with E-state index in [9.17, 15) is 17.6 Å². The summed E-state index contributed by atoms with van der Waals surface area (Å²) in [6, 6.07) is 8.82. The summed E-state index contributed by atoms with van der Waals surface area (Å²) in [5.41, 5.74) is 1.85. The molecule has 0 aliphatic heterocycles. The lowest BCUT2D eigenvalue weighted by Gasteiger charge is -2.08. The third-order valence-corrected chi connectivity index (χ3v) is 7.50. The molecule has 9 heteroatoms. The van der Waals surface area contributed by atoms with Gasteiger partial charge in [-0.3, -0.25) is 0 Å². The number of aromatic nitrogens is 1. The minimum Gasteiger partial charge on any atom is -0.308 e. The molecule has 2 amide bonds. The van der Waals surface area contributed by atoms with Crippen LogP contribution in [-0.4, -0.2) is 24.7 Å². The van der Waals surface area contributed by atoms with Crippen molar-refractivity contribution in [2.75, 3.05) is 10.6 Å². The maximum atomic E-state index is 13.6. The van der Waals surface area contributed by atoms with Crippen LogP contribution in [-0.2, 0) is 9.84 Å². The lowest BCUT2D eigenvalue weighted by Crippen LogP contribution is -2.19. The molecule has 2 N–H and O–H groups in total. The fourth-order valence-corrected chi connectivity index (χ4v) is 4.95. The number of halogens is 1. The number of sulfone groups is 1. The predicted molar refractivity (Wildman–Crippen MR) is 106 cm³/mol. The number of nitrogens with one attached hydrogen (secondary N) is 2. The highest BCUT2D eigenvalue weighted by Crippen LogP contribution is 2.30. The number of hydrogen-bond donors (Lipinski definition) is 2. The number of carbonyl (C=O) groups is 1. The van der Waals surface area contributed by atoms with Crippen LogP contribution in [0.5, 0.6) is 0 Å². The Labute approximate surface area is 160 Å². The molecule has 0 aliphatic rings. The van der Waals surface area contributed by atoms with Crippen molar-refractivity contribution in [3.8, 4) is 0 Å². The number of anilines is 2. The number of rotatable bonds is 4. The van der Waals surface area contributed by atoms with Crippen molar-refractivity contribution in [1.82, 2.24) is 4.98 Å². The average molecular weight is 407 g/mol. The minimum atomic E-state index is -3.45. The maximum Gasteiger partial charge on any atom is 0.323 e. The number of carbonyl (C=O) groups excluding carboxylic acids is 1. The first kappa shape index (κ1) is 19.2. The Morgan fingerprint density at radius 2 is 1.74 bits per heavy atom. The molecule has 0 bridgehead atoms. The van der Waals surface area contributed by atoms with Crippen molar-refractivity contribution in [1.29, 1.82) is 0 Å². The summed E-state index contributed by atoms with van der Waals surface area (Å²) in [6.45, 7) is 4.84. The van der Waals surface area contributed by atoms with E-state index in [0.29, 0.717) is 27.2 Å². The van der Waals surface area contributed by atoms with Gasteiger partial charge in [-0.1, -0.05) is 6.07 Å². The quantitative estimate of drug-likeness (QED) is 0.663. The molecule has 1 heterocycles. The van der Waals surface area contributed by atoms with Crippen LogP contribution in [0.2, 0.25) is 0 Å². The summed E-state index contributed by atoms with van der Waals surface area (Å²) >= 11 is 1.06. The molecule has 6 nitrogen and oxygen atoms in total. The Bertz CT molecular complexity index is 1120. The van der Waals surface area contributed by atoms with Crippen LogP contribution in [0, 0.1) is 12.7 Å². The normalized spacial score (nSPS) is 11.7. The van der Waals surface area contributed by atoms with E-state index in [-0.39, 0.29) is 4.34 Å². The van der Waals surface area contributed by atoms with Gasteiger partial charge in [-0.2, -0.15) is 0 Å². The lowest BCUT2D eigenvalue weighted by atomic mass is 10.2. The molecule has 0 aliphatic carbocycles. The van der Waals surface area contributed by atoms with Crippen molar-refractivity contribution in [2.45, 2.75) is 30.4 Å². The second kappa shape index (κ2) is 7.24. The number of fused-ring (bicyclic) bond motifs is 1. The zero-order chi connectivity index (χ0) is 19.8. The van der Waals surface area contributed by atoms with Crippen molar-refractivity contribution in [3.05, 3.63) is 47.8 Å². The van der Waals surface area contributed by atoms with Crippen LogP contribution in [0.4, 0.5) is 20.6 Å². The summed E-state index contributed by atoms with van der Waals surface area (Å²) < 4.78 is 38.8. The number of nitrogens with zero attached hydrogens (tertiary/aromatic N) is 1. The SMILES string of the molecule is Cc1ccc(NC(=O)Nc2ccc3nc(S(=O)(=O)C(C)C)sc3c2)cc1F. The van der Waals surface area contributed by atoms with Gasteiger partial charge in [-0.25, -0.2) is 22.6 Å². The molecule has 0 saturated carbocycles. The van der Waals surface area contributed by atoms with E-state index in [1.165, 1.54) is 6.07 Å². The molecule has 0 saturated heterocycles. The van der Waals surface area contributed by atoms with Gasteiger partial charge in [-0.15, -0.1) is 11.3 Å². The second-order valence-electron chi connectivity index (χ2n) is 6.30. The first-order chi connectivity index (χ1) is 12.7. The third kappa shape index (κ3) is 4.09. The van der Waals surface area contributed by atoms with E-state index >= 15 is 0 Å². The van der Waals surface area contributed by atoms with Crippen molar-refractivity contribution < 1.29 is 17.6 Å². The number of thiazole rings is 1. The first-order valence-corrected chi connectivity index (χ1v) is 10.5. The maximum absolute atomic E-state index is 13.6. The van der Waals surface area contributed by atoms with Gasteiger partial charge >= 0.3 is 6.03 Å². The average Bonchev–Trinajstić information content (AvgIpc) is 3.02.